The van der Waals surface area contributed by atoms with Crippen molar-refractivity contribution in [3.05, 3.63) is 60.4 Å². The lowest BCUT2D eigenvalue weighted by atomic mass is 10.2. The molecule has 3 rings (SSSR count). The van der Waals surface area contributed by atoms with Crippen molar-refractivity contribution in [2.45, 2.75) is 6.54 Å². The van der Waals surface area contributed by atoms with E-state index in [4.69, 9.17) is 0 Å². The van der Waals surface area contributed by atoms with E-state index in [0.717, 1.165) is 17.9 Å². The summed E-state index contributed by atoms with van der Waals surface area (Å²) in [6.45, 7) is 0.866. The van der Waals surface area contributed by atoms with E-state index in [1.807, 2.05) is 25.4 Å². The van der Waals surface area contributed by atoms with Crippen molar-refractivity contribution in [2.24, 2.45) is 0 Å². The van der Waals surface area contributed by atoms with Crippen molar-refractivity contribution in [2.75, 3.05) is 12.4 Å². The fourth-order valence-corrected chi connectivity index (χ4v) is 2.24. The van der Waals surface area contributed by atoms with Crippen LogP contribution in [0.1, 0.15) is 5.56 Å². The molecule has 1 N–H and O–H groups in total. The first-order chi connectivity index (χ1) is 8.88. The third-order valence-electron chi connectivity index (χ3n) is 3.11. The van der Waals surface area contributed by atoms with Crippen LogP contribution in [-0.2, 0) is 6.54 Å². The van der Waals surface area contributed by atoms with Gasteiger partial charge < -0.3 is 9.88 Å². The fraction of sp³-hybridized carbons (Fsp3) is 0.133. The minimum Gasteiger partial charge on any atom is -0.371 e. The van der Waals surface area contributed by atoms with Crippen molar-refractivity contribution < 1.29 is 0 Å². The first-order valence-electron chi connectivity index (χ1n) is 6.04. The summed E-state index contributed by atoms with van der Waals surface area (Å²) < 4.78 is 2.23. The molecule has 0 fully saturated rings. The Morgan fingerprint density at radius 1 is 1.11 bits per heavy atom. The molecule has 0 aliphatic rings. The SMILES string of the molecule is CNc1nccc2ccn(Cc3ccccc3)c12. The van der Waals surface area contributed by atoms with Crippen LogP contribution in [0, 0.1) is 0 Å². The summed E-state index contributed by atoms with van der Waals surface area (Å²) in [4.78, 5) is 4.37. The number of pyridine rings is 1. The van der Waals surface area contributed by atoms with Crippen molar-refractivity contribution in [3.63, 3.8) is 0 Å². The van der Waals surface area contributed by atoms with Crippen molar-refractivity contribution >= 4 is 16.7 Å². The lowest BCUT2D eigenvalue weighted by Crippen LogP contribution is -2.01. The highest BCUT2D eigenvalue weighted by atomic mass is 15.0. The van der Waals surface area contributed by atoms with Gasteiger partial charge in [-0.05, 0) is 17.7 Å². The van der Waals surface area contributed by atoms with Crippen LogP contribution in [0.3, 0.4) is 0 Å². The standard InChI is InChI=1S/C15H15N3/c1-16-15-14-13(7-9-17-15)8-10-18(14)11-12-5-3-2-4-6-12/h2-10H,11H2,1H3,(H,16,17). The average molecular weight is 237 g/mol. The highest BCUT2D eigenvalue weighted by molar-refractivity contribution is 5.89. The Labute approximate surface area is 106 Å². The summed E-state index contributed by atoms with van der Waals surface area (Å²) in [5, 5.41) is 4.36. The second kappa shape index (κ2) is 4.53. The van der Waals surface area contributed by atoms with E-state index >= 15 is 0 Å². The molecule has 2 heterocycles. The van der Waals surface area contributed by atoms with Crippen LogP contribution in [0.25, 0.3) is 10.9 Å². The normalized spacial score (nSPS) is 10.7. The third kappa shape index (κ3) is 1.84. The van der Waals surface area contributed by atoms with E-state index in [0.29, 0.717) is 0 Å². The molecule has 0 saturated heterocycles. The van der Waals surface area contributed by atoms with Gasteiger partial charge in [0.05, 0.1) is 5.52 Å². The lowest BCUT2D eigenvalue weighted by molar-refractivity contribution is 0.836. The monoisotopic (exact) mass is 237 g/mol. The number of nitrogens with one attached hydrogen (secondary N) is 1. The Kier molecular flexibility index (Phi) is 2.73. The van der Waals surface area contributed by atoms with Gasteiger partial charge in [0.25, 0.3) is 0 Å². The van der Waals surface area contributed by atoms with Gasteiger partial charge in [-0.15, -0.1) is 0 Å². The van der Waals surface area contributed by atoms with Crippen LogP contribution in [0.2, 0.25) is 0 Å². The Bertz CT molecular complexity index is 656. The molecule has 2 aromatic heterocycles. The molecule has 0 atom stereocenters. The van der Waals surface area contributed by atoms with Crippen molar-refractivity contribution in [1.82, 2.24) is 9.55 Å². The molecule has 3 heteroatoms. The number of aromatic nitrogens is 2. The van der Waals surface area contributed by atoms with E-state index in [-0.39, 0.29) is 0 Å². The molecule has 3 aromatic rings. The van der Waals surface area contributed by atoms with Crippen LogP contribution in [-0.4, -0.2) is 16.6 Å². The predicted molar refractivity (Wildman–Crippen MR) is 74.8 cm³/mol. The fourth-order valence-electron chi connectivity index (χ4n) is 2.24. The van der Waals surface area contributed by atoms with Gasteiger partial charge in [-0.2, -0.15) is 0 Å². The van der Waals surface area contributed by atoms with Gasteiger partial charge >= 0.3 is 0 Å². The van der Waals surface area contributed by atoms with Crippen molar-refractivity contribution in [3.8, 4) is 0 Å². The first-order valence-corrected chi connectivity index (χ1v) is 6.04. The van der Waals surface area contributed by atoms with Gasteiger partial charge in [0, 0.05) is 31.4 Å². The van der Waals surface area contributed by atoms with Gasteiger partial charge in [-0.3, -0.25) is 0 Å². The van der Waals surface area contributed by atoms with Crippen molar-refractivity contribution in [1.29, 1.82) is 0 Å². The van der Waals surface area contributed by atoms with Gasteiger partial charge in [0.15, 0.2) is 0 Å². The first kappa shape index (κ1) is 10.8. The molecule has 90 valence electrons. The maximum atomic E-state index is 4.37. The Hall–Kier alpha value is -2.29. The van der Waals surface area contributed by atoms with Gasteiger partial charge in [0.1, 0.15) is 5.82 Å². The molecular formula is C15H15N3. The Balaban J connectivity index is 2.07. The second-order valence-electron chi connectivity index (χ2n) is 4.28. The summed E-state index contributed by atoms with van der Waals surface area (Å²) in [6, 6.07) is 14.6. The van der Waals surface area contributed by atoms with Crippen LogP contribution < -0.4 is 5.32 Å². The summed E-state index contributed by atoms with van der Waals surface area (Å²) in [5.74, 6) is 0.924. The third-order valence-corrected chi connectivity index (χ3v) is 3.11. The maximum Gasteiger partial charge on any atom is 0.150 e. The van der Waals surface area contributed by atoms with Crippen LogP contribution in [0.15, 0.2) is 54.9 Å². The van der Waals surface area contributed by atoms with Gasteiger partial charge in [-0.1, -0.05) is 30.3 Å². The van der Waals surface area contributed by atoms with E-state index < -0.39 is 0 Å². The average Bonchev–Trinajstić information content (AvgIpc) is 2.83. The van der Waals surface area contributed by atoms with E-state index in [1.165, 1.54) is 10.9 Å². The summed E-state index contributed by atoms with van der Waals surface area (Å²) in [6.07, 6.45) is 3.95. The zero-order valence-corrected chi connectivity index (χ0v) is 10.3. The quantitative estimate of drug-likeness (QED) is 0.758. The highest BCUT2D eigenvalue weighted by Crippen LogP contribution is 2.22. The Morgan fingerprint density at radius 2 is 1.94 bits per heavy atom. The minimum absolute atomic E-state index is 0.866. The van der Waals surface area contributed by atoms with E-state index in [2.05, 4.69) is 51.4 Å². The van der Waals surface area contributed by atoms with Crippen LogP contribution in [0.5, 0.6) is 0 Å². The number of anilines is 1. The van der Waals surface area contributed by atoms with Gasteiger partial charge in [0.2, 0.25) is 0 Å². The summed E-state index contributed by atoms with van der Waals surface area (Å²) in [5.41, 5.74) is 2.45. The summed E-state index contributed by atoms with van der Waals surface area (Å²) in [7, 11) is 1.90. The minimum atomic E-state index is 0.866. The molecule has 0 saturated carbocycles. The number of nitrogens with zero attached hydrogens (tertiary/aromatic N) is 2. The van der Waals surface area contributed by atoms with E-state index in [1.54, 1.807) is 0 Å². The lowest BCUT2D eigenvalue weighted by Gasteiger charge is -2.08. The zero-order chi connectivity index (χ0) is 12.4. The maximum absolute atomic E-state index is 4.37. The number of benzene rings is 1. The molecule has 0 spiro atoms. The number of fused-ring (bicyclic) bond motifs is 1. The van der Waals surface area contributed by atoms with Gasteiger partial charge in [-0.25, -0.2) is 4.98 Å². The highest BCUT2D eigenvalue weighted by Gasteiger charge is 2.06. The molecular weight excluding hydrogens is 222 g/mol. The summed E-state index contributed by atoms with van der Waals surface area (Å²) >= 11 is 0. The predicted octanol–water partition coefficient (Wildman–Crippen LogP) is 3.13. The number of hydrogen-bond acceptors (Lipinski definition) is 2. The largest absolute Gasteiger partial charge is 0.371 e. The smallest absolute Gasteiger partial charge is 0.150 e. The zero-order valence-electron chi connectivity index (χ0n) is 10.3. The van der Waals surface area contributed by atoms with Crippen LogP contribution >= 0.6 is 0 Å². The molecule has 0 unspecified atom stereocenters. The second-order valence-corrected chi connectivity index (χ2v) is 4.28. The van der Waals surface area contributed by atoms with E-state index in [9.17, 15) is 0 Å². The molecule has 18 heavy (non-hydrogen) atoms. The topological polar surface area (TPSA) is 29.9 Å². The Morgan fingerprint density at radius 3 is 2.72 bits per heavy atom. The molecule has 0 amide bonds. The molecule has 0 aliphatic heterocycles. The molecule has 3 nitrogen and oxygen atoms in total. The molecule has 0 bridgehead atoms. The number of hydrogen-bond donors (Lipinski definition) is 1. The van der Waals surface area contributed by atoms with Crippen LogP contribution in [0.4, 0.5) is 5.82 Å². The molecule has 0 radical (unpaired) electrons. The number of rotatable bonds is 3. The molecule has 1 aromatic carbocycles. The molecule has 0 aliphatic carbocycles.